The van der Waals surface area contributed by atoms with Gasteiger partial charge in [-0.05, 0) is 12.3 Å². The minimum absolute atomic E-state index is 0.139. The van der Waals surface area contributed by atoms with Crippen LogP contribution in [0.5, 0.6) is 0 Å². The lowest BCUT2D eigenvalue weighted by Crippen LogP contribution is -2.39. The minimum atomic E-state index is -0.218. The summed E-state index contributed by atoms with van der Waals surface area (Å²) >= 11 is 0. The van der Waals surface area contributed by atoms with Gasteiger partial charge >= 0.3 is 5.97 Å². The zero-order chi connectivity index (χ0) is 9.84. The van der Waals surface area contributed by atoms with Crippen LogP contribution in [-0.2, 0) is 14.3 Å². The van der Waals surface area contributed by atoms with Crippen molar-refractivity contribution in [2.45, 2.75) is 38.8 Å². The van der Waals surface area contributed by atoms with Crippen molar-refractivity contribution in [3.05, 3.63) is 0 Å². The molecule has 4 nitrogen and oxygen atoms in total. The van der Waals surface area contributed by atoms with Gasteiger partial charge in [0.05, 0.1) is 12.5 Å². The number of hydrogen-bond donors (Lipinski definition) is 1. The van der Waals surface area contributed by atoms with E-state index in [1.807, 2.05) is 13.8 Å². The maximum Gasteiger partial charge on any atom is 0.308 e. The third kappa shape index (κ3) is 2.20. The topological polar surface area (TPSA) is 55.4 Å². The Hall–Kier alpha value is -1.06. The Morgan fingerprint density at radius 3 is 3.00 bits per heavy atom. The summed E-state index contributed by atoms with van der Waals surface area (Å²) < 4.78 is 5.12. The van der Waals surface area contributed by atoms with Crippen molar-refractivity contribution < 1.29 is 14.3 Å². The molecule has 3 atom stereocenters. The smallest absolute Gasteiger partial charge is 0.308 e. The molecule has 1 N–H and O–H groups in total. The maximum atomic E-state index is 11.0. The van der Waals surface area contributed by atoms with Crippen molar-refractivity contribution in [3.63, 3.8) is 0 Å². The largest absolute Gasteiger partial charge is 0.460 e. The van der Waals surface area contributed by atoms with E-state index in [4.69, 9.17) is 4.74 Å². The normalized spacial score (nSPS) is 29.5. The van der Waals surface area contributed by atoms with Crippen LogP contribution in [0, 0.1) is 5.92 Å². The van der Waals surface area contributed by atoms with Gasteiger partial charge in [0, 0.05) is 0 Å². The van der Waals surface area contributed by atoms with E-state index < -0.39 is 0 Å². The first-order valence-corrected chi connectivity index (χ1v) is 4.58. The van der Waals surface area contributed by atoms with Crippen LogP contribution in [0.3, 0.4) is 0 Å². The van der Waals surface area contributed by atoms with Gasteiger partial charge in [0.15, 0.2) is 0 Å². The number of rotatable bonds is 4. The molecule has 0 aliphatic carbocycles. The van der Waals surface area contributed by atoms with Gasteiger partial charge in [-0.15, -0.1) is 0 Å². The molecule has 0 aromatic rings. The van der Waals surface area contributed by atoms with Crippen molar-refractivity contribution >= 4 is 12.4 Å². The number of ether oxygens (including phenoxy) is 1. The van der Waals surface area contributed by atoms with Crippen LogP contribution >= 0.6 is 0 Å². The number of amides is 1. The van der Waals surface area contributed by atoms with Gasteiger partial charge in [0.25, 0.3) is 0 Å². The SMILES string of the molecule is CCC(C)C1OC(=O)CC1NC=O. The van der Waals surface area contributed by atoms with Gasteiger partial charge in [-0.1, -0.05) is 13.8 Å². The first-order chi connectivity index (χ1) is 6.19. The second kappa shape index (κ2) is 4.25. The minimum Gasteiger partial charge on any atom is -0.460 e. The average molecular weight is 185 g/mol. The number of carbonyl (C=O) groups excluding carboxylic acids is 2. The van der Waals surface area contributed by atoms with Crippen LogP contribution in [0.4, 0.5) is 0 Å². The summed E-state index contributed by atoms with van der Waals surface area (Å²) in [5.74, 6) is 0.0774. The molecule has 0 aromatic carbocycles. The van der Waals surface area contributed by atoms with Gasteiger partial charge < -0.3 is 10.1 Å². The second-order valence-electron chi connectivity index (χ2n) is 3.44. The Bertz CT molecular complexity index is 205. The highest BCUT2D eigenvalue weighted by Crippen LogP contribution is 2.23. The molecule has 1 saturated heterocycles. The lowest BCUT2D eigenvalue weighted by molar-refractivity contribution is -0.143. The number of hydrogen-bond acceptors (Lipinski definition) is 3. The van der Waals surface area contributed by atoms with Crippen LogP contribution in [0.1, 0.15) is 26.7 Å². The van der Waals surface area contributed by atoms with E-state index in [0.717, 1.165) is 6.42 Å². The molecule has 0 aromatic heterocycles. The van der Waals surface area contributed by atoms with E-state index in [9.17, 15) is 9.59 Å². The van der Waals surface area contributed by atoms with Crippen LogP contribution < -0.4 is 5.32 Å². The van der Waals surface area contributed by atoms with E-state index in [1.54, 1.807) is 0 Å². The highest BCUT2D eigenvalue weighted by Gasteiger charge is 2.37. The summed E-state index contributed by atoms with van der Waals surface area (Å²) in [5.41, 5.74) is 0. The van der Waals surface area contributed by atoms with Crippen molar-refractivity contribution in [1.29, 1.82) is 0 Å². The fourth-order valence-electron chi connectivity index (χ4n) is 1.56. The van der Waals surface area contributed by atoms with Gasteiger partial charge in [-0.2, -0.15) is 0 Å². The molecule has 1 rings (SSSR count). The molecule has 0 saturated carbocycles. The first-order valence-electron chi connectivity index (χ1n) is 4.58. The van der Waals surface area contributed by atoms with Crippen molar-refractivity contribution in [1.82, 2.24) is 5.32 Å². The fourth-order valence-corrected chi connectivity index (χ4v) is 1.56. The Morgan fingerprint density at radius 2 is 2.46 bits per heavy atom. The third-order valence-corrected chi connectivity index (χ3v) is 2.54. The van der Waals surface area contributed by atoms with Crippen LogP contribution in [-0.4, -0.2) is 24.5 Å². The average Bonchev–Trinajstić information content (AvgIpc) is 2.46. The van der Waals surface area contributed by atoms with Gasteiger partial charge in [0.1, 0.15) is 6.10 Å². The Kier molecular flexibility index (Phi) is 3.28. The van der Waals surface area contributed by atoms with E-state index in [-0.39, 0.29) is 18.1 Å². The molecular formula is C9H15NO3. The molecule has 1 aliphatic heterocycles. The number of esters is 1. The molecule has 0 radical (unpaired) electrons. The second-order valence-corrected chi connectivity index (χ2v) is 3.44. The van der Waals surface area contributed by atoms with Gasteiger partial charge in [-0.25, -0.2) is 0 Å². The number of carbonyl (C=O) groups is 2. The highest BCUT2D eigenvalue weighted by molar-refractivity contribution is 5.73. The van der Waals surface area contributed by atoms with E-state index >= 15 is 0 Å². The zero-order valence-corrected chi connectivity index (χ0v) is 7.95. The maximum absolute atomic E-state index is 11.0. The summed E-state index contributed by atoms with van der Waals surface area (Å²) in [7, 11) is 0. The molecule has 1 amide bonds. The van der Waals surface area contributed by atoms with Crippen molar-refractivity contribution in [3.8, 4) is 0 Å². The molecular weight excluding hydrogens is 170 g/mol. The Balaban J connectivity index is 2.59. The number of nitrogens with one attached hydrogen (secondary N) is 1. The van der Waals surface area contributed by atoms with Crippen LogP contribution in [0.25, 0.3) is 0 Å². The van der Waals surface area contributed by atoms with Crippen LogP contribution in [0.15, 0.2) is 0 Å². The van der Waals surface area contributed by atoms with Crippen molar-refractivity contribution in [2.24, 2.45) is 5.92 Å². The van der Waals surface area contributed by atoms with Gasteiger partial charge in [0.2, 0.25) is 6.41 Å². The monoisotopic (exact) mass is 185 g/mol. The van der Waals surface area contributed by atoms with E-state index in [2.05, 4.69) is 5.32 Å². The summed E-state index contributed by atoms with van der Waals surface area (Å²) in [5, 5.41) is 2.61. The fraction of sp³-hybridized carbons (Fsp3) is 0.778. The van der Waals surface area contributed by atoms with Gasteiger partial charge in [-0.3, -0.25) is 9.59 Å². The summed E-state index contributed by atoms with van der Waals surface area (Å²) in [6.07, 6.45) is 1.72. The third-order valence-electron chi connectivity index (χ3n) is 2.54. The predicted octanol–water partition coefficient (Wildman–Crippen LogP) is 0.463. The number of cyclic esters (lactones) is 1. The molecule has 0 bridgehead atoms. The molecule has 0 spiro atoms. The summed E-state index contributed by atoms with van der Waals surface area (Å²) in [6, 6.07) is -0.139. The molecule has 1 aliphatic rings. The quantitative estimate of drug-likeness (QED) is 0.511. The van der Waals surface area contributed by atoms with Crippen LogP contribution in [0.2, 0.25) is 0 Å². The van der Waals surface area contributed by atoms with E-state index in [1.165, 1.54) is 0 Å². The highest BCUT2D eigenvalue weighted by atomic mass is 16.6. The Morgan fingerprint density at radius 1 is 1.77 bits per heavy atom. The standard InChI is InChI=1S/C9H15NO3/c1-3-6(2)9-7(10-5-11)4-8(12)13-9/h5-7,9H,3-4H2,1-2H3,(H,10,11). The molecule has 74 valence electrons. The van der Waals surface area contributed by atoms with E-state index in [0.29, 0.717) is 18.7 Å². The summed E-state index contributed by atoms with van der Waals surface area (Å²) in [6.45, 7) is 4.05. The molecule has 1 heterocycles. The van der Waals surface area contributed by atoms with Crippen molar-refractivity contribution in [2.75, 3.05) is 0 Å². The lowest BCUT2D eigenvalue weighted by atomic mass is 9.96. The first kappa shape index (κ1) is 10.0. The summed E-state index contributed by atoms with van der Waals surface area (Å²) in [4.78, 5) is 21.2. The molecule has 13 heavy (non-hydrogen) atoms. The predicted molar refractivity (Wildman–Crippen MR) is 46.9 cm³/mol. The zero-order valence-electron chi connectivity index (χ0n) is 7.95. The molecule has 3 unspecified atom stereocenters. The Labute approximate surface area is 77.6 Å². The molecule has 4 heteroatoms. The molecule has 1 fully saturated rings. The lowest BCUT2D eigenvalue weighted by Gasteiger charge is -2.21.